The maximum Gasteiger partial charge on any atom is 0.597 e. The Labute approximate surface area is 30.6 Å². The van der Waals surface area contributed by atoms with Gasteiger partial charge < -0.3 is 8.66 Å². The fourth-order valence-electron chi connectivity index (χ4n) is 0. The third kappa shape index (κ3) is 2.41. The second-order valence-electron chi connectivity index (χ2n) is 0.241. The molecule has 1 radical (unpaired) electrons. The van der Waals surface area contributed by atoms with Crippen molar-refractivity contribution in [1.29, 1.82) is 0 Å². The van der Waals surface area contributed by atoms with E-state index in [1.807, 2.05) is 0 Å². The Kier molecular flexibility index (Phi) is 3.76. The molecule has 0 unspecified atom stereocenters. The van der Waals surface area contributed by atoms with Gasteiger partial charge in [0.2, 0.25) is 0 Å². The van der Waals surface area contributed by atoms with Crippen LogP contribution in [0.4, 0.5) is 0 Å². The van der Waals surface area contributed by atoms with Gasteiger partial charge in [0.25, 0.3) is 0 Å². The zero-order chi connectivity index (χ0) is 3.41. The van der Waals surface area contributed by atoms with Crippen LogP contribution in [0, 0.1) is 0 Å². The molecule has 3 N–H and O–H groups in total. The van der Waals surface area contributed by atoms with Gasteiger partial charge in [0.05, 0.1) is 0 Å². The maximum atomic E-state index is 7.29. The standard InChI is InChI=1S/Al.H2N.H2O2/c;;1-2/h;1H2;1-2H/q+2;-1;/p-1. The predicted molar refractivity (Wildman–Crippen MR) is 13.7 cm³/mol. The predicted octanol–water partition coefficient (Wildman–Crippen LogP) is -1.03. The van der Waals surface area contributed by atoms with Crippen molar-refractivity contribution >= 4 is 15.8 Å². The minimum atomic E-state index is -0.662. The molecule has 0 saturated heterocycles. The lowest BCUT2D eigenvalue weighted by Crippen LogP contribution is -2.05. The van der Waals surface area contributed by atoms with E-state index in [0.29, 0.717) is 0 Å². The molecular weight excluding hydrogens is 73.0 g/mol. The molecule has 0 amide bonds. The van der Waals surface area contributed by atoms with Crippen LogP contribution in [0.1, 0.15) is 0 Å². The van der Waals surface area contributed by atoms with Crippen LogP contribution in [0.5, 0.6) is 0 Å². The summed E-state index contributed by atoms with van der Waals surface area (Å²) in [4.78, 5) is 0. The highest BCUT2D eigenvalue weighted by Gasteiger charge is 1.71. The lowest BCUT2D eigenvalue weighted by Gasteiger charge is -1.71. The van der Waals surface area contributed by atoms with E-state index in [2.05, 4.69) is 8.66 Å². The highest BCUT2D eigenvalue weighted by molar-refractivity contribution is 6.21. The third-order valence-electron chi connectivity index (χ3n) is 0.0609. The van der Waals surface area contributed by atoms with Gasteiger partial charge in [0.1, 0.15) is 0 Å². The Balaban J connectivity index is 1.97. The molecule has 0 aliphatic carbocycles. The fourth-order valence-corrected chi connectivity index (χ4v) is 0. The Morgan fingerprint density at radius 1 is 2.00 bits per heavy atom. The van der Waals surface area contributed by atoms with Crippen molar-refractivity contribution in [1.82, 2.24) is 0 Å². The highest BCUT2D eigenvalue weighted by atomic mass is 27.1. The fraction of sp³-hybridized carbons (Fsp3) is 0. The number of hydrogen-bond donors (Lipinski definition) is 2. The monoisotopic (exact) mass is 76.0 g/mol. The van der Waals surface area contributed by atoms with Gasteiger partial charge in [-0.15, -0.1) is 0 Å². The van der Waals surface area contributed by atoms with Crippen molar-refractivity contribution in [3.05, 3.63) is 0 Å². The molecule has 0 aromatic heterocycles. The molecule has 4 heavy (non-hydrogen) atoms. The van der Waals surface area contributed by atoms with E-state index in [1.165, 1.54) is 0 Å². The topological polar surface area (TPSA) is 55.5 Å². The average Bonchev–Trinajstić information content (AvgIpc) is 1.37. The van der Waals surface area contributed by atoms with Crippen molar-refractivity contribution in [2.45, 2.75) is 0 Å². The molecule has 23 valence electrons. The summed E-state index contributed by atoms with van der Waals surface area (Å²) >= 11 is -0.662. The van der Waals surface area contributed by atoms with E-state index in [9.17, 15) is 0 Å². The molecule has 0 atom stereocenters. The van der Waals surface area contributed by atoms with Gasteiger partial charge in [0, 0.05) is 0 Å². The summed E-state index contributed by atoms with van der Waals surface area (Å²) < 4.78 is 8.04. The molecule has 0 aromatic rings. The quantitative estimate of drug-likeness (QED) is 0.238. The molecule has 0 saturated carbocycles. The first-order valence-corrected chi connectivity index (χ1v) is 1.89. The van der Waals surface area contributed by atoms with Gasteiger partial charge >= 0.3 is 15.8 Å². The van der Waals surface area contributed by atoms with Crippen molar-refractivity contribution in [2.24, 2.45) is 4.72 Å². The molecule has 0 aliphatic heterocycles. The molecular formula is H3AlNO2. The van der Waals surface area contributed by atoms with Crippen LogP contribution < -0.4 is 4.72 Å². The number of nitrogens with two attached hydrogens (primary N) is 1. The summed E-state index contributed by atoms with van der Waals surface area (Å²) in [5, 5.41) is 7.29. The largest absolute Gasteiger partial charge is 0.597 e. The maximum absolute atomic E-state index is 7.29. The summed E-state index contributed by atoms with van der Waals surface area (Å²) in [6.07, 6.45) is 0. The normalized spacial score (nSPS) is 6.50. The van der Waals surface area contributed by atoms with Gasteiger partial charge in [-0.05, 0) is 0 Å². The first-order valence-electron chi connectivity index (χ1n) is 0.752. The molecule has 4 heteroatoms. The second-order valence-corrected chi connectivity index (χ2v) is 0.724. The summed E-state index contributed by atoms with van der Waals surface area (Å²) in [7, 11) is 0. The van der Waals surface area contributed by atoms with Crippen molar-refractivity contribution in [3.63, 3.8) is 0 Å². The number of hydrogen-bond acceptors (Lipinski definition) is 3. The van der Waals surface area contributed by atoms with Gasteiger partial charge in [-0.25, -0.2) is 0 Å². The molecule has 3 nitrogen and oxygen atoms in total. The zero-order valence-corrected chi connectivity index (χ0v) is 3.16. The first-order chi connectivity index (χ1) is 1.91. The molecule has 0 bridgehead atoms. The Bertz CT molecular complexity index is 8.00. The van der Waals surface area contributed by atoms with Crippen LogP contribution in [0.3, 0.4) is 0 Å². The van der Waals surface area contributed by atoms with Crippen LogP contribution in [0.25, 0.3) is 0 Å². The van der Waals surface area contributed by atoms with E-state index in [4.69, 9.17) is 5.26 Å². The van der Waals surface area contributed by atoms with Crippen LogP contribution in [0.2, 0.25) is 0 Å². The van der Waals surface area contributed by atoms with Crippen molar-refractivity contribution in [2.75, 3.05) is 0 Å². The van der Waals surface area contributed by atoms with Crippen molar-refractivity contribution in [3.8, 4) is 0 Å². The van der Waals surface area contributed by atoms with E-state index in [-0.39, 0.29) is 0 Å². The SMILES string of the molecule is [NH2][Al][O]O. The van der Waals surface area contributed by atoms with Gasteiger partial charge in [-0.1, -0.05) is 0 Å². The van der Waals surface area contributed by atoms with Crippen LogP contribution in [-0.2, 0) is 3.94 Å². The first kappa shape index (κ1) is 4.41. The van der Waals surface area contributed by atoms with Crippen molar-refractivity contribution < 1.29 is 9.20 Å². The van der Waals surface area contributed by atoms with Gasteiger partial charge in [-0.3, -0.25) is 5.26 Å². The van der Waals surface area contributed by atoms with E-state index >= 15 is 0 Å². The van der Waals surface area contributed by atoms with E-state index < -0.39 is 15.8 Å². The van der Waals surface area contributed by atoms with Crippen LogP contribution in [-0.4, -0.2) is 21.0 Å². The number of rotatable bonds is 1. The lowest BCUT2D eigenvalue weighted by molar-refractivity contribution is -0.138. The Morgan fingerprint density at radius 3 is 2.25 bits per heavy atom. The second kappa shape index (κ2) is 3.41. The average molecular weight is 76.0 g/mol. The Hall–Kier alpha value is 0.412. The minimum absolute atomic E-state index is 0.662. The zero-order valence-electron chi connectivity index (χ0n) is 2.01. The molecule has 0 fully saturated rings. The minimum Gasteiger partial charge on any atom is -0.393 e. The van der Waals surface area contributed by atoms with Gasteiger partial charge in [0.15, 0.2) is 0 Å². The molecule has 0 spiro atoms. The summed E-state index contributed by atoms with van der Waals surface area (Å²) in [5.41, 5.74) is 0. The summed E-state index contributed by atoms with van der Waals surface area (Å²) in [6, 6.07) is 0. The third-order valence-corrected chi connectivity index (χ3v) is 0.183. The molecule has 0 aromatic carbocycles. The Morgan fingerprint density at radius 2 is 2.25 bits per heavy atom. The van der Waals surface area contributed by atoms with Crippen LogP contribution in [0.15, 0.2) is 0 Å². The van der Waals surface area contributed by atoms with Gasteiger partial charge in [-0.2, -0.15) is 0 Å². The van der Waals surface area contributed by atoms with E-state index in [0.717, 1.165) is 0 Å². The van der Waals surface area contributed by atoms with E-state index in [1.54, 1.807) is 0 Å². The molecule has 0 heterocycles. The summed E-state index contributed by atoms with van der Waals surface area (Å²) in [5.74, 6) is 0. The highest BCUT2D eigenvalue weighted by Crippen LogP contribution is 1.33. The summed E-state index contributed by atoms with van der Waals surface area (Å²) in [6.45, 7) is 0. The van der Waals surface area contributed by atoms with Crippen LogP contribution >= 0.6 is 0 Å². The molecule has 0 rings (SSSR count). The molecule has 0 aliphatic rings. The lowest BCUT2D eigenvalue weighted by atomic mass is 13.9. The smallest absolute Gasteiger partial charge is 0.393 e.